The van der Waals surface area contributed by atoms with Crippen LogP contribution in [0.3, 0.4) is 0 Å². The van der Waals surface area contributed by atoms with Crippen molar-refractivity contribution >= 4 is 22.9 Å². The van der Waals surface area contributed by atoms with Crippen molar-refractivity contribution in [2.45, 2.75) is 13.3 Å². The normalized spacial score (nSPS) is 10.4. The number of aryl methyl sites for hydroxylation is 1. The van der Waals surface area contributed by atoms with Crippen LogP contribution in [0.15, 0.2) is 23.8 Å². The molecule has 2 aromatic rings. The predicted octanol–water partition coefficient (Wildman–Crippen LogP) is 3.12. The fraction of sp³-hybridized carbons (Fsp3) is 0.273. The fourth-order valence-corrected chi connectivity index (χ4v) is 2.14. The molecule has 0 N–H and O–H groups in total. The van der Waals surface area contributed by atoms with Crippen LogP contribution >= 0.6 is 22.9 Å². The van der Waals surface area contributed by atoms with Crippen LogP contribution in [0.5, 0.6) is 5.88 Å². The highest BCUT2D eigenvalue weighted by Crippen LogP contribution is 2.14. The molecule has 0 radical (unpaired) electrons. The van der Waals surface area contributed by atoms with Gasteiger partial charge in [0, 0.05) is 23.6 Å². The Morgan fingerprint density at radius 2 is 2.25 bits per heavy atom. The maximum Gasteiger partial charge on any atom is 0.213 e. The molecule has 2 rings (SSSR count). The van der Waals surface area contributed by atoms with Gasteiger partial charge in [-0.2, -0.15) is 0 Å². The van der Waals surface area contributed by atoms with Gasteiger partial charge in [-0.3, -0.25) is 0 Å². The molecule has 0 aliphatic carbocycles. The van der Waals surface area contributed by atoms with E-state index in [4.69, 9.17) is 16.3 Å². The molecule has 16 heavy (non-hydrogen) atoms. The molecule has 0 spiro atoms. The summed E-state index contributed by atoms with van der Waals surface area (Å²) in [5.74, 6) is 0.603. The zero-order chi connectivity index (χ0) is 11.4. The number of thiazole rings is 1. The first-order valence-electron chi connectivity index (χ1n) is 4.89. The van der Waals surface area contributed by atoms with Gasteiger partial charge in [-0.1, -0.05) is 11.6 Å². The summed E-state index contributed by atoms with van der Waals surface area (Å²) in [5.41, 5.74) is 2.93. The third-order valence-electron chi connectivity index (χ3n) is 2.12. The zero-order valence-electron chi connectivity index (χ0n) is 8.81. The summed E-state index contributed by atoms with van der Waals surface area (Å²) in [7, 11) is 0. The van der Waals surface area contributed by atoms with Crippen molar-refractivity contribution < 1.29 is 4.74 Å². The first-order valence-corrected chi connectivity index (χ1v) is 6.15. The first-order chi connectivity index (χ1) is 7.75. The Kier molecular flexibility index (Phi) is 3.74. The Morgan fingerprint density at radius 1 is 1.38 bits per heavy atom. The molecule has 84 valence electrons. The third-order valence-corrected chi connectivity index (χ3v) is 3.34. The van der Waals surface area contributed by atoms with Crippen LogP contribution < -0.4 is 4.74 Å². The van der Waals surface area contributed by atoms with Crippen LogP contribution in [0, 0.1) is 6.92 Å². The summed E-state index contributed by atoms with van der Waals surface area (Å²) in [6.07, 6.45) is 2.44. The summed E-state index contributed by atoms with van der Waals surface area (Å²) in [6, 6.07) is 3.53. The van der Waals surface area contributed by atoms with E-state index in [2.05, 4.69) is 9.97 Å². The molecule has 0 bridgehead atoms. The quantitative estimate of drug-likeness (QED) is 0.841. The van der Waals surface area contributed by atoms with E-state index in [-0.39, 0.29) is 0 Å². The smallest absolute Gasteiger partial charge is 0.213 e. The van der Waals surface area contributed by atoms with Gasteiger partial charge in [0.05, 0.1) is 22.8 Å². The van der Waals surface area contributed by atoms with Crippen molar-refractivity contribution in [3.63, 3.8) is 0 Å². The predicted molar refractivity (Wildman–Crippen MR) is 65.3 cm³/mol. The number of aromatic nitrogens is 2. The van der Waals surface area contributed by atoms with E-state index in [0.29, 0.717) is 17.5 Å². The molecule has 0 aliphatic rings. The van der Waals surface area contributed by atoms with Crippen molar-refractivity contribution in [1.29, 1.82) is 0 Å². The molecule has 0 amide bonds. The van der Waals surface area contributed by atoms with Gasteiger partial charge in [-0.15, -0.1) is 11.3 Å². The largest absolute Gasteiger partial charge is 0.477 e. The number of ether oxygens (including phenoxy) is 1. The average molecular weight is 255 g/mol. The van der Waals surface area contributed by atoms with E-state index in [0.717, 1.165) is 12.1 Å². The maximum absolute atomic E-state index is 5.72. The number of nitrogens with zero attached hydrogens (tertiary/aromatic N) is 2. The molecule has 3 nitrogen and oxygen atoms in total. The standard InChI is InChI=1S/C11H11ClN2OS/c1-8-10(16-7-14-8)4-5-15-11-3-2-9(12)6-13-11/h2-3,6-7H,4-5H2,1H3. The van der Waals surface area contributed by atoms with Crippen LogP contribution in [0.4, 0.5) is 0 Å². The molecule has 0 fully saturated rings. The van der Waals surface area contributed by atoms with E-state index < -0.39 is 0 Å². The van der Waals surface area contributed by atoms with Gasteiger partial charge in [0.1, 0.15) is 0 Å². The molecule has 0 aliphatic heterocycles. The second kappa shape index (κ2) is 5.27. The minimum atomic E-state index is 0.603. The van der Waals surface area contributed by atoms with Crippen molar-refractivity contribution in [2.24, 2.45) is 0 Å². The second-order valence-corrected chi connectivity index (χ2v) is 4.65. The van der Waals surface area contributed by atoms with Gasteiger partial charge in [-0.05, 0) is 13.0 Å². The van der Waals surface area contributed by atoms with Gasteiger partial charge >= 0.3 is 0 Å². The Morgan fingerprint density at radius 3 is 2.88 bits per heavy atom. The minimum absolute atomic E-state index is 0.603. The van der Waals surface area contributed by atoms with Crippen LogP contribution in [0.2, 0.25) is 5.02 Å². The Balaban J connectivity index is 1.84. The van der Waals surface area contributed by atoms with Crippen LogP contribution in [0.1, 0.15) is 10.6 Å². The molecule has 0 atom stereocenters. The molecule has 0 unspecified atom stereocenters. The zero-order valence-corrected chi connectivity index (χ0v) is 10.4. The third kappa shape index (κ3) is 2.93. The number of pyridine rings is 1. The number of hydrogen-bond acceptors (Lipinski definition) is 4. The number of hydrogen-bond donors (Lipinski definition) is 0. The summed E-state index contributed by atoms with van der Waals surface area (Å²) in [6.45, 7) is 2.62. The number of rotatable bonds is 4. The molecule has 0 aromatic carbocycles. The minimum Gasteiger partial charge on any atom is -0.477 e. The van der Waals surface area contributed by atoms with Crippen LogP contribution in [-0.4, -0.2) is 16.6 Å². The number of halogens is 1. The second-order valence-electron chi connectivity index (χ2n) is 3.27. The first kappa shape index (κ1) is 11.4. The molecular formula is C11H11ClN2OS. The van der Waals surface area contributed by atoms with Gasteiger partial charge in [0.2, 0.25) is 5.88 Å². The molecule has 0 saturated carbocycles. The van der Waals surface area contributed by atoms with E-state index >= 15 is 0 Å². The lowest BCUT2D eigenvalue weighted by Crippen LogP contribution is -2.02. The lowest BCUT2D eigenvalue weighted by atomic mass is 10.3. The molecule has 2 heterocycles. The van der Waals surface area contributed by atoms with Crippen LogP contribution in [0.25, 0.3) is 0 Å². The molecule has 5 heteroatoms. The Labute approximate surface area is 103 Å². The fourth-order valence-electron chi connectivity index (χ4n) is 1.26. The summed E-state index contributed by atoms with van der Waals surface area (Å²) < 4.78 is 5.50. The highest BCUT2D eigenvalue weighted by molar-refractivity contribution is 7.09. The Bertz CT molecular complexity index is 455. The van der Waals surface area contributed by atoms with Gasteiger partial charge in [-0.25, -0.2) is 9.97 Å². The maximum atomic E-state index is 5.72. The van der Waals surface area contributed by atoms with Crippen molar-refractivity contribution in [3.05, 3.63) is 39.4 Å². The summed E-state index contributed by atoms with van der Waals surface area (Å²) in [5, 5.41) is 0.616. The summed E-state index contributed by atoms with van der Waals surface area (Å²) >= 11 is 7.38. The monoisotopic (exact) mass is 254 g/mol. The van der Waals surface area contributed by atoms with E-state index in [1.165, 1.54) is 4.88 Å². The van der Waals surface area contributed by atoms with Crippen molar-refractivity contribution in [3.8, 4) is 5.88 Å². The van der Waals surface area contributed by atoms with Gasteiger partial charge in [0.25, 0.3) is 0 Å². The molecular weight excluding hydrogens is 244 g/mol. The van der Waals surface area contributed by atoms with Crippen molar-refractivity contribution in [1.82, 2.24) is 9.97 Å². The Hall–Kier alpha value is -1.13. The lowest BCUT2D eigenvalue weighted by molar-refractivity contribution is 0.310. The van der Waals surface area contributed by atoms with Gasteiger partial charge < -0.3 is 4.74 Å². The van der Waals surface area contributed by atoms with E-state index in [1.807, 2.05) is 12.4 Å². The van der Waals surface area contributed by atoms with Crippen molar-refractivity contribution in [2.75, 3.05) is 6.61 Å². The lowest BCUT2D eigenvalue weighted by Gasteiger charge is -2.04. The highest BCUT2D eigenvalue weighted by atomic mass is 35.5. The van der Waals surface area contributed by atoms with Gasteiger partial charge in [0.15, 0.2) is 0 Å². The summed E-state index contributed by atoms with van der Waals surface area (Å²) in [4.78, 5) is 9.50. The van der Waals surface area contributed by atoms with E-state index in [1.54, 1.807) is 29.7 Å². The SMILES string of the molecule is Cc1ncsc1CCOc1ccc(Cl)cn1. The van der Waals surface area contributed by atoms with Crippen LogP contribution in [-0.2, 0) is 6.42 Å². The topological polar surface area (TPSA) is 35.0 Å². The molecule has 0 saturated heterocycles. The van der Waals surface area contributed by atoms with E-state index in [9.17, 15) is 0 Å². The molecule has 2 aromatic heterocycles. The average Bonchev–Trinajstić information content (AvgIpc) is 2.68. The highest BCUT2D eigenvalue weighted by Gasteiger charge is 2.02.